The first-order chi connectivity index (χ1) is 17.2. The summed E-state index contributed by atoms with van der Waals surface area (Å²) in [5.74, 6) is 0.287. The summed E-state index contributed by atoms with van der Waals surface area (Å²) in [5, 5.41) is 0. The number of amides is 1. The zero-order chi connectivity index (χ0) is 24.3. The summed E-state index contributed by atoms with van der Waals surface area (Å²) in [6.45, 7) is 2.95. The first-order valence-corrected chi connectivity index (χ1v) is 12.0. The van der Waals surface area contributed by atoms with Crippen LogP contribution >= 0.6 is 0 Å². The predicted molar refractivity (Wildman–Crippen MR) is 139 cm³/mol. The highest BCUT2D eigenvalue weighted by Crippen LogP contribution is 2.23. The topological polar surface area (TPSA) is 68.5 Å². The van der Waals surface area contributed by atoms with Gasteiger partial charge in [-0.05, 0) is 66.8 Å². The first-order valence-electron chi connectivity index (χ1n) is 12.0. The summed E-state index contributed by atoms with van der Waals surface area (Å²) in [6.07, 6.45) is 4.72. The largest absolute Gasteiger partial charge is 0.438 e. The lowest BCUT2D eigenvalue weighted by Crippen LogP contribution is -2.27. The van der Waals surface area contributed by atoms with Crippen LogP contribution < -0.4 is 10.5 Å². The fourth-order valence-corrected chi connectivity index (χ4v) is 4.05. The van der Waals surface area contributed by atoms with Crippen molar-refractivity contribution in [3.8, 4) is 11.6 Å². The van der Waals surface area contributed by atoms with Gasteiger partial charge in [0.1, 0.15) is 11.3 Å². The van der Waals surface area contributed by atoms with Gasteiger partial charge in [0.25, 0.3) is 5.91 Å². The monoisotopic (exact) mass is 465 g/mol. The highest BCUT2D eigenvalue weighted by Gasteiger charge is 2.11. The van der Waals surface area contributed by atoms with Crippen LogP contribution in [0.3, 0.4) is 0 Å². The third-order valence-corrected chi connectivity index (χ3v) is 5.92. The molecule has 0 spiro atoms. The maximum absolute atomic E-state index is 11.6. The molecule has 5 nitrogen and oxygen atoms in total. The number of carbonyl (C=O) groups is 1. The van der Waals surface area contributed by atoms with E-state index in [-0.39, 0.29) is 11.4 Å². The van der Waals surface area contributed by atoms with Gasteiger partial charge in [-0.1, -0.05) is 72.8 Å². The molecule has 0 radical (unpaired) electrons. The number of aryl methyl sites for hydroxylation is 1. The van der Waals surface area contributed by atoms with E-state index >= 15 is 0 Å². The smallest absolute Gasteiger partial charge is 0.254 e. The molecule has 1 aromatic heterocycles. The molecule has 0 unspecified atom stereocenters. The molecule has 0 saturated carbocycles. The number of nitrogens with zero attached hydrogens (tertiary/aromatic N) is 2. The van der Waals surface area contributed by atoms with Crippen LogP contribution in [0, 0.1) is 0 Å². The number of aromatic nitrogens is 1. The van der Waals surface area contributed by atoms with E-state index in [1.807, 2.05) is 12.1 Å². The van der Waals surface area contributed by atoms with Gasteiger partial charge in [-0.2, -0.15) is 0 Å². The van der Waals surface area contributed by atoms with Crippen molar-refractivity contribution in [2.75, 3.05) is 13.1 Å². The van der Waals surface area contributed by atoms with Gasteiger partial charge >= 0.3 is 0 Å². The predicted octanol–water partition coefficient (Wildman–Crippen LogP) is 5.65. The normalized spacial score (nSPS) is 10.9. The quantitative estimate of drug-likeness (QED) is 0.294. The van der Waals surface area contributed by atoms with Crippen molar-refractivity contribution in [3.63, 3.8) is 0 Å². The van der Waals surface area contributed by atoms with Gasteiger partial charge < -0.3 is 10.5 Å². The Morgan fingerprint density at radius 3 is 2.09 bits per heavy atom. The zero-order valence-electron chi connectivity index (χ0n) is 19.8. The van der Waals surface area contributed by atoms with Gasteiger partial charge in [-0.15, -0.1) is 0 Å². The van der Waals surface area contributed by atoms with E-state index in [4.69, 9.17) is 10.5 Å². The molecule has 0 aliphatic rings. The molecule has 0 aliphatic carbocycles. The van der Waals surface area contributed by atoms with Crippen molar-refractivity contribution < 1.29 is 9.53 Å². The van der Waals surface area contributed by atoms with Gasteiger partial charge in [0.05, 0.1) is 0 Å². The molecule has 0 aliphatic heterocycles. The molecule has 2 N–H and O–H groups in total. The number of hydrogen-bond donors (Lipinski definition) is 1. The van der Waals surface area contributed by atoms with E-state index in [1.165, 1.54) is 16.7 Å². The summed E-state index contributed by atoms with van der Waals surface area (Å²) in [6, 6.07) is 32.5. The fourth-order valence-electron chi connectivity index (χ4n) is 4.05. The zero-order valence-corrected chi connectivity index (χ0v) is 19.8. The molecule has 0 bridgehead atoms. The number of benzene rings is 3. The number of rotatable bonds is 12. The molecular weight excluding hydrogens is 434 g/mol. The minimum Gasteiger partial charge on any atom is -0.438 e. The number of ether oxygens (including phenoxy) is 1. The Bertz CT molecular complexity index is 1200. The summed E-state index contributed by atoms with van der Waals surface area (Å²) >= 11 is 0. The minimum absolute atomic E-state index is 0.222. The molecule has 4 aromatic rings. The molecule has 0 saturated heterocycles. The SMILES string of the molecule is NC(=O)c1cccnc1Oc1ccc(CCN(CCCc2ccccc2)Cc2ccccc2)cc1. The summed E-state index contributed by atoms with van der Waals surface area (Å²) in [7, 11) is 0. The number of nitrogens with two attached hydrogens (primary N) is 1. The third-order valence-electron chi connectivity index (χ3n) is 5.92. The second-order valence-electron chi connectivity index (χ2n) is 8.57. The summed E-state index contributed by atoms with van der Waals surface area (Å²) in [5.41, 5.74) is 9.63. The molecule has 0 atom stereocenters. The summed E-state index contributed by atoms with van der Waals surface area (Å²) < 4.78 is 5.80. The van der Waals surface area contributed by atoms with E-state index in [0.717, 1.165) is 38.9 Å². The average Bonchev–Trinajstić information content (AvgIpc) is 2.89. The molecule has 3 aromatic carbocycles. The number of carbonyl (C=O) groups excluding carboxylic acids is 1. The van der Waals surface area contributed by atoms with Crippen LogP contribution in [0.2, 0.25) is 0 Å². The lowest BCUT2D eigenvalue weighted by molar-refractivity contribution is 0.0997. The van der Waals surface area contributed by atoms with Crippen molar-refractivity contribution in [1.29, 1.82) is 0 Å². The van der Waals surface area contributed by atoms with Gasteiger partial charge in [-0.3, -0.25) is 9.69 Å². The van der Waals surface area contributed by atoms with Crippen LogP contribution in [0.25, 0.3) is 0 Å². The van der Waals surface area contributed by atoms with E-state index in [1.54, 1.807) is 18.3 Å². The van der Waals surface area contributed by atoms with E-state index < -0.39 is 5.91 Å². The van der Waals surface area contributed by atoms with Crippen molar-refractivity contribution >= 4 is 5.91 Å². The molecule has 4 rings (SSSR count). The van der Waals surface area contributed by atoms with E-state index in [9.17, 15) is 4.79 Å². The Morgan fingerprint density at radius 1 is 0.743 bits per heavy atom. The Labute approximate surface area is 207 Å². The molecule has 1 amide bonds. The summed E-state index contributed by atoms with van der Waals surface area (Å²) in [4.78, 5) is 18.3. The third kappa shape index (κ3) is 7.52. The Hall–Kier alpha value is -3.96. The minimum atomic E-state index is -0.560. The van der Waals surface area contributed by atoms with Crippen molar-refractivity contribution in [2.45, 2.75) is 25.8 Å². The maximum Gasteiger partial charge on any atom is 0.254 e. The lowest BCUT2D eigenvalue weighted by atomic mass is 10.1. The lowest BCUT2D eigenvalue weighted by Gasteiger charge is -2.22. The van der Waals surface area contributed by atoms with Crippen molar-refractivity contribution in [3.05, 3.63) is 126 Å². The number of primary amides is 1. The maximum atomic E-state index is 11.6. The fraction of sp³-hybridized carbons (Fsp3) is 0.200. The van der Waals surface area contributed by atoms with Gasteiger partial charge in [0.2, 0.25) is 5.88 Å². The Morgan fingerprint density at radius 2 is 1.40 bits per heavy atom. The molecule has 5 heteroatoms. The second kappa shape index (κ2) is 12.5. The standard InChI is InChI=1S/C30H31N3O2/c31-29(34)28-14-7-20-32-30(28)35-27-17-15-25(16-18-27)19-22-33(23-26-11-5-2-6-12-26)21-8-13-24-9-3-1-4-10-24/h1-7,9-12,14-18,20H,8,13,19,21-23H2,(H2,31,34). The van der Waals surface area contributed by atoms with Gasteiger partial charge in [-0.25, -0.2) is 4.98 Å². The molecule has 178 valence electrons. The molecule has 35 heavy (non-hydrogen) atoms. The highest BCUT2D eigenvalue weighted by molar-refractivity contribution is 5.95. The molecular formula is C30H31N3O2. The van der Waals surface area contributed by atoms with Crippen LogP contribution in [0.15, 0.2) is 103 Å². The van der Waals surface area contributed by atoms with Crippen LogP contribution in [-0.4, -0.2) is 28.9 Å². The highest BCUT2D eigenvalue weighted by atomic mass is 16.5. The van der Waals surface area contributed by atoms with Crippen LogP contribution in [-0.2, 0) is 19.4 Å². The molecule has 1 heterocycles. The average molecular weight is 466 g/mol. The van der Waals surface area contributed by atoms with Crippen LogP contribution in [0.5, 0.6) is 11.6 Å². The Balaban J connectivity index is 1.35. The van der Waals surface area contributed by atoms with Gasteiger partial charge in [0, 0.05) is 19.3 Å². The van der Waals surface area contributed by atoms with E-state index in [2.05, 4.69) is 82.7 Å². The van der Waals surface area contributed by atoms with Crippen molar-refractivity contribution in [1.82, 2.24) is 9.88 Å². The van der Waals surface area contributed by atoms with Gasteiger partial charge in [0.15, 0.2) is 0 Å². The molecule has 0 fully saturated rings. The number of hydrogen-bond acceptors (Lipinski definition) is 4. The van der Waals surface area contributed by atoms with E-state index in [0.29, 0.717) is 5.75 Å². The number of pyridine rings is 1. The first kappa shape index (κ1) is 24.2. The second-order valence-corrected chi connectivity index (χ2v) is 8.57. The van der Waals surface area contributed by atoms with Crippen LogP contribution in [0.4, 0.5) is 0 Å². The Kier molecular flexibility index (Phi) is 8.63. The van der Waals surface area contributed by atoms with Crippen molar-refractivity contribution in [2.24, 2.45) is 5.73 Å². The van der Waals surface area contributed by atoms with Crippen LogP contribution in [0.1, 0.15) is 33.5 Å².